The summed E-state index contributed by atoms with van der Waals surface area (Å²) in [5.74, 6) is -0.00396. The fraction of sp³-hybridized carbons (Fsp3) is 0.417. The molecule has 6 nitrogen and oxygen atoms in total. The van der Waals surface area contributed by atoms with Gasteiger partial charge in [-0.25, -0.2) is 4.79 Å². The molecule has 1 aliphatic rings. The summed E-state index contributed by atoms with van der Waals surface area (Å²) in [5.41, 5.74) is 5.12. The Kier molecular flexibility index (Phi) is 8.48. The minimum Gasteiger partial charge on any atom is -0.447 e. The number of carbonyl (C=O) groups excluding carboxylic acids is 2. The van der Waals surface area contributed by atoms with Crippen LogP contribution in [-0.2, 0) is 16.1 Å². The van der Waals surface area contributed by atoms with Gasteiger partial charge in [0, 0.05) is 25.2 Å². The lowest BCUT2D eigenvalue weighted by atomic mass is 9.89. The van der Waals surface area contributed by atoms with Crippen LogP contribution in [0.4, 0.5) is 10.5 Å². The molecule has 0 spiro atoms. The van der Waals surface area contributed by atoms with E-state index in [-0.39, 0.29) is 36.5 Å². The first kappa shape index (κ1) is 24.7. The summed E-state index contributed by atoms with van der Waals surface area (Å²) >= 11 is 0. The van der Waals surface area contributed by atoms with Crippen molar-refractivity contribution >= 4 is 30.1 Å². The number of ether oxygens (including phenoxy) is 1. The maximum atomic E-state index is 12.3. The van der Waals surface area contributed by atoms with Crippen LogP contribution in [0, 0.1) is 0 Å². The van der Waals surface area contributed by atoms with E-state index >= 15 is 0 Å². The van der Waals surface area contributed by atoms with Crippen molar-refractivity contribution in [3.8, 4) is 11.1 Å². The number of halogens is 1. The second-order valence-corrected chi connectivity index (χ2v) is 8.13. The van der Waals surface area contributed by atoms with Crippen LogP contribution in [0.3, 0.4) is 0 Å². The Bertz CT molecular complexity index is 932. The fourth-order valence-electron chi connectivity index (χ4n) is 4.12. The van der Waals surface area contributed by atoms with E-state index in [4.69, 9.17) is 4.74 Å². The van der Waals surface area contributed by atoms with E-state index < -0.39 is 6.09 Å². The van der Waals surface area contributed by atoms with Crippen LogP contribution in [0.2, 0.25) is 0 Å². The number of nitrogens with zero attached hydrogens (tertiary/aromatic N) is 1. The number of hydrogen-bond donors (Lipinski definition) is 2. The van der Waals surface area contributed by atoms with Crippen LogP contribution >= 0.6 is 12.4 Å². The number of nitrogens with one attached hydrogen (secondary N) is 2. The highest BCUT2D eigenvalue weighted by Crippen LogP contribution is 2.39. The molecule has 2 atom stereocenters. The highest BCUT2D eigenvalue weighted by atomic mass is 35.5. The van der Waals surface area contributed by atoms with Gasteiger partial charge in [-0.1, -0.05) is 24.3 Å². The molecule has 2 aromatic rings. The highest BCUT2D eigenvalue weighted by Gasteiger charge is 2.33. The van der Waals surface area contributed by atoms with Crippen molar-refractivity contribution in [2.75, 3.05) is 11.9 Å². The van der Waals surface area contributed by atoms with Crippen LogP contribution in [0.1, 0.15) is 51.3 Å². The molecular weight excluding hydrogens is 414 g/mol. The first-order valence-corrected chi connectivity index (χ1v) is 10.4. The maximum Gasteiger partial charge on any atom is 0.407 e. The van der Waals surface area contributed by atoms with Gasteiger partial charge < -0.3 is 20.3 Å². The van der Waals surface area contributed by atoms with Crippen LogP contribution < -0.4 is 15.5 Å². The zero-order chi connectivity index (χ0) is 21.8. The highest BCUT2D eigenvalue weighted by molar-refractivity contribution is 5.94. The molecule has 2 aromatic carbocycles. The van der Waals surface area contributed by atoms with E-state index in [0.717, 1.165) is 28.9 Å². The van der Waals surface area contributed by atoms with Gasteiger partial charge in [0.05, 0.1) is 12.1 Å². The average Bonchev–Trinajstić information content (AvgIpc) is 2.67. The van der Waals surface area contributed by atoms with Gasteiger partial charge in [-0.05, 0) is 74.7 Å². The lowest BCUT2D eigenvalue weighted by molar-refractivity contribution is -0.117. The van der Waals surface area contributed by atoms with Gasteiger partial charge in [-0.15, -0.1) is 12.4 Å². The van der Waals surface area contributed by atoms with E-state index in [0.29, 0.717) is 6.42 Å². The Hall–Kier alpha value is -2.57. The number of benzene rings is 2. The fourth-order valence-corrected chi connectivity index (χ4v) is 4.12. The van der Waals surface area contributed by atoms with E-state index in [9.17, 15) is 9.59 Å². The predicted molar refractivity (Wildman–Crippen MR) is 127 cm³/mol. The summed E-state index contributed by atoms with van der Waals surface area (Å²) < 4.78 is 5.30. The second kappa shape index (κ2) is 10.6. The van der Waals surface area contributed by atoms with Gasteiger partial charge in [0.25, 0.3) is 0 Å². The Labute approximate surface area is 190 Å². The molecule has 3 rings (SSSR count). The van der Waals surface area contributed by atoms with Gasteiger partial charge in [0.2, 0.25) is 5.91 Å². The number of alkyl carbamates (subject to hydrolysis) is 1. The average molecular weight is 446 g/mol. The monoisotopic (exact) mass is 445 g/mol. The Morgan fingerprint density at radius 2 is 1.87 bits per heavy atom. The second-order valence-electron chi connectivity index (χ2n) is 8.13. The summed E-state index contributed by atoms with van der Waals surface area (Å²) in [6.07, 6.45) is -0.00506. The number of hydrogen-bond acceptors (Lipinski definition) is 4. The molecule has 0 saturated carbocycles. The van der Waals surface area contributed by atoms with E-state index in [2.05, 4.69) is 34.9 Å². The van der Waals surface area contributed by atoms with Gasteiger partial charge in [0.15, 0.2) is 0 Å². The minimum absolute atomic E-state index is 0. The molecule has 7 heteroatoms. The van der Waals surface area contributed by atoms with E-state index in [1.54, 1.807) is 6.92 Å². The Balaban J connectivity index is 0.00000341. The molecule has 1 aliphatic heterocycles. The third-order valence-corrected chi connectivity index (χ3v) is 5.30. The molecule has 1 heterocycles. The zero-order valence-electron chi connectivity index (χ0n) is 18.8. The number of amides is 2. The molecule has 168 valence electrons. The molecular formula is C24H32ClN3O3. The van der Waals surface area contributed by atoms with Crippen LogP contribution in [0.5, 0.6) is 0 Å². The molecule has 31 heavy (non-hydrogen) atoms. The lowest BCUT2D eigenvalue weighted by Gasteiger charge is -2.39. The van der Waals surface area contributed by atoms with Gasteiger partial charge in [0.1, 0.15) is 0 Å². The first-order chi connectivity index (χ1) is 14.3. The summed E-state index contributed by atoms with van der Waals surface area (Å²) in [6.45, 7) is 8.02. The standard InChI is InChI=1S/C24H31N3O3.ClH/c1-15(2)30-24(29)26-22-11-16(3)27(17(4)28)23-10-9-20(13-21(22)23)19-8-6-7-18(12-19)14-25-5;/h6-10,12-13,15-16,22,25H,11,14H2,1-5H3,(H,26,29);1H/t16-,22+;/m0./s1. The summed E-state index contributed by atoms with van der Waals surface area (Å²) in [5, 5.41) is 6.17. The third-order valence-electron chi connectivity index (χ3n) is 5.30. The SMILES string of the molecule is CNCc1cccc(-c2ccc3c(c2)[C@H](NC(=O)OC(C)C)C[C@H](C)N3C(C)=O)c1.Cl. The van der Waals surface area contributed by atoms with Crippen LogP contribution in [0.15, 0.2) is 42.5 Å². The van der Waals surface area contributed by atoms with Crippen molar-refractivity contribution in [2.24, 2.45) is 0 Å². The summed E-state index contributed by atoms with van der Waals surface area (Å²) in [7, 11) is 1.93. The lowest BCUT2D eigenvalue weighted by Crippen LogP contribution is -2.45. The first-order valence-electron chi connectivity index (χ1n) is 10.4. The Morgan fingerprint density at radius 1 is 1.16 bits per heavy atom. The molecule has 0 aliphatic carbocycles. The van der Waals surface area contributed by atoms with Gasteiger partial charge >= 0.3 is 6.09 Å². The number of carbonyl (C=O) groups is 2. The smallest absolute Gasteiger partial charge is 0.407 e. The quantitative estimate of drug-likeness (QED) is 0.692. The molecule has 0 bridgehead atoms. The number of fused-ring (bicyclic) bond motifs is 1. The van der Waals surface area contributed by atoms with Crippen molar-refractivity contribution in [1.29, 1.82) is 0 Å². The third kappa shape index (κ3) is 5.77. The molecule has 2 N–H and O–H groups in total. The molecule has 0 radical (unpaired) electrons. The van der Waals surface area contributed by atoms with Crippen molar-refractivity contribution in [1.82, 2.24) is 10.6 Å². The van der Waals surface area contributed by atoms with E-state index in [1.807, 2.05) is 50.9 Å². The van der Waals surface area contributed by atoms with Gasteiger partial charge in [-0.3, -0.25) is 4.79 Å². The predicted octanol–water partition coefficient (Wildman–Crippen LogP) is 4.82. The van der Waals surface area contributed by atoms with E-state index in [1.165, 1.54) is 5.56 Å². The zero-order valence-corrected chi connectivity index (χ0v) is 19.6. The van der Waals surface area contributed by atoms with Crippen LogP contribution in [0.25, 0.3) is 11.1 Å². The molecule has 0 fully saturated rings. The molecule has 2 amide bonds. The summed E-state index contributed by atoms with van der Waals surface area (Å²) in [4.78, 5) is 26.4. The molecule has 0 saturated heterocycles. The van der Waals surface area contributed by atoms with Crippen molar-refractivity contribution in [3.05, 3.63) is 53.6 Å². The number of anilines is 1. The minimum atomic E-state index is -0.439. The maximum absolute atomic E-state index is 12.3. The largest absolute Gasteiger partial charge is 0.447 e. The summed E-state index contributed by atoms with van der Waals surface area (Å²) in [6, 6.07) is 14.2. The molecule has 0 aromatic heterocycles. The number of rotatable bonds is 5. The molecule has 0 unspecified atom stereocenters. The Morgan fingerprint density at radius 3 is 2.52 bits per heavy atom. The van der Waals surface area contributed by atoms with Crippen molar-refractivity contribution in [2.45, 2.75) is 58.8 Å². The van der Waals surface area contributed by atoms with Crippen molar-refractivity contribution < 1.29 is 14.3 Å². The van der Waals surface area contributed by atoms with Crippen LogP contribution in [-0.4, -0.2) is 31.2 Å². The van der Waals surface area contributed by atoms with Gasteiger partial charge in [-0.2, -0.15) is 0 Å². The van der Waals surface area contributed by atoms with Crippen molar-refractivity contribution in [3.63, 3.8) is 0 Å². The normalized spacial score (nSPS) is 17.5. The topological polar surface area (TPSA) is 70.7 Å².